The first kappa shape index (κ1) is 12.9. The van der Waals surface area contributed by atoms with Crippen LogP contribution in [0, 0.1) is 6.92 Å². The molecule has 3 nitrogen and oxygen atoms in total. The second kappa shape index (κ2) is 5.87. The third-order valence-electron chi connectivity index (χ3n) is 2.69. The Hall–Kier alpha value is -1.55. The zero-order valence-electron chi connectivity index (χ0n) is 10.9. The van der Waals surface area contributed by atoms with Crippen LogP contribution >= 0.6 is 11.3 Å². The maximum atomic E-state index is 4.51. The minimum atomic E-state index is 0.369. The second-order valence-electron chi connectivity index (χ2n) is 4.48. The van der Waals surface area contributed by atoms with E-state index in [1.54, 1.807) is 11.3 Å². The Kier molecular flexibility index (Phi) is 4.20. The number of rotatable bonds is 6. The summed E-state index contributed by atoms with van der Waals surface area (Å²) < 4.78 is 2.09. The Morgan fingerprint density at radius 2 is 2.44 bits per heavy atom. The van der Waals surface area contributed by atoms with Crippen molar-refractivity contribution in [3.63, 3.8) is 0 Å². The molecule has 1 N–H and O–H groups in total. The maximum Gasteiger partial charge on any atom is 0.203 e. The summed E-state index contributed by atoms with van der Waals surface area (Å²) in [6.07, 6.45) is 4.95. The lowest BCUT2D eigenvalue weighted by atomic mass is 10.2. The molecular weight excluding hydrogens is 242 g/mol. The van der Waals surface area contributed by atoms with Crippen molar-refractivity contribution in [1.82, 2.24) is 9.55 Å². The van der Waals surface area contributed by atoms with E-state index in [9.17, 15) is 0 Å². The fourth-order valence-corrected chi connectivity index (χ4v) is 2.78. The van der Waals surface area contributed by atoms with Crippen LogP contribution < -0.4 is 5.32 Å². The summed E-state index contributed by atoms with van der Waals surface area (Å²) in [6.45, 7) is 8.75. The minimum absolute atomic E-state index is 0.369. The molecule has 0 aliphatic heterocycles. The Morgan fingerprint density at radius 3 is 3.11 bits per heavy atom. The van der Waals surface area contributed by atoms with E-state index in [2.05, 4.69) is 45.9 Å². The Labute approximate surface area is 112 Å². The van der Waals surface area contributed by atoms with E-state index in [-0.39, 0.29) is 0 Å². The lowest BCUT2D eigenvalue weighted by Gasteiger charge is -2.14. The number of aryl methyl sites for hydroxylation is 1. The number of aromatic nitrogens is 2. The van der Waals surface area contributed by atoms with Gasteiger partial charge in [-0.2, -0.15) is 0 Å². The Balaban J connectivity index is 2.01. The molecule has 0 saturated heterocycles. The molecule has 2 aromatic rings. The molecular formula is C14H19N3S. The van der Waals surface area contributed by atoms with Crippen LogP contribution in [-0.2, 0) is 13.0 Å². The zero-order chi connectivity index (χ0) is 13.0. The predicted octanol–water partition coefficient (Wildman–Crippen LogP) is 3.48. The lowest BCUT2D eigenvalue weighted by molar-refractivity contribution is 0.750. The molecule has 0 fully saturated rings. The van der Waals surface area contributed by atoms with Gasteiger partial charge in [-0.25, -0.2) is 4.98 Å². The number of thiophene rings is 1. The first-order chi connectivity index (χ1) is 8.69. The average molecular weight is 261 g/mol. The number of nitrogens with zero attached hydrogens (tertiary/aromatic N) is 2. The lowest BCUT2D eigenvalue weighted by Crippen LogP contribution is -2.20. The third-order valence-corrected chi connectivity index (χ3v) is 3.58. The number of hydrogen-bond acceptors (Lipinski definition) is 3. The van der Waals surface area contributed by atoms with Gasteiger partial charge in [-0.15, -0.1) is 17.9 Å². The van der Waals surface area contributed by atoms with Gasteiger partial charge < -0.3 is 9.88 Å². The van der Waals surface area contributed by atoms with Crippen molar-refractivity contribution in [2.75, 3.05) is 5.32 Å². The smallest absolute Gasteiger partial charge is 0.203 e. The van der Waals surface area contributed by atoms with Gasteiger partial charge in [0.25, 0.3) is 0 Å². The fourth-order valence-electron chi connectivity index (χ4n) is 1.94. The molecule has 0 bridgehead atoms. The van der Waals surface area contributed by atoms with E-state index in [0.717, 1.165) is 24.6 Å². The van der Waals surface area contributed by atoms with Gasteiger partial charge in [-0.05, 0) is 25.3 Å². The van der Waals surface area contributed by atoms with Gasteiger partial charge in [0.15, 0.2) is 0 Å². The van der Waals surface area contributed by atoms with Crippen molar-refractivity contribution in [3.05, 3.63) is 46.9 Å². The molecule has 2 aromatic heterocycles. The fraction of sp³-hybridized carbons (Fsp3) is 0.357. The minimum Gasteiger partial charge on any atom is -0.353 e. The Morgan fingerprint density at radius 1 is 1.61 bits per heavy atom. The molecule has 1 unspecified atom stereocenters. The molecule has 0 aromatic carbocycles. The summed E-state index contributed by atoms with van der Waals surface area (Å²) in [5.74, 6) is 0.927. The largest absolute Gasteiger partial charge is 0.353 e. The van der Waals surface area contributed by atoms with E-state index < -0.39 is 0 Å². The second-order valence-corrected chi connectivity index (χ2v) is 5.51. The molecule has 0 saturated carbocycles. The summed E-state index contributed by atoms with van der Waals surface area (Å²) in [7, 11) is 0. The van der Waals surface area contributed by atoms with Gasteiger partial charge >= 0.3 is 0 Å². The quantitative estimate of drug-likeness (QED) is 0.807. The Bertz CT molecular complexity index is 499. The van der Waals surface area contributed by atoms with Gasteiger partial charge in [-0.3, -0.25) is 0 Å². The molecule has 1 atom stereocenters. The summed E-state index contributed by atoms with van der Waals surface area (Å²) in [5, 5.41) is 5.58. The van der Waals surface area contributed by atoms with E-state index in [1.165, 1.54) is 4.88 Å². The third kappa shape index (κ3) is 3.23. The van der Waals surface area contributed by atoms with Crippen LogP contribution in [0.3, 0.4) is 0 Å². The zero-order valence-corrected chi connectivity index (χ0v) is 11.7. The van der Waals surface area contributed by atoms with Crippen LogP contribution in [0.15, 0.2) is 36.4 Å². The highest BCUT2D eigenvalue weighted by atomic mass is 32.1. The molecule has 18 heavy (non-hydrogen) atoms. The topological polar surface area (TPSA) is 29.9 Å². The molecule has 2 rings (SSSR count). The van der Waals surface area contributed by atoms with Gasteiger partial charge in [0, 0.05) is 30.1 Å². The SMILES string of the molecule is C=CCn1cc(C)nc1NC(C)Cc1cccs1. The summed E-state index contributed by atoms with van der Waals surface area (Å²) >= 11 is 1.80. The van der Waals surface area contributed by atoms with Crippen molar-refractivity contribution in [3.8, 4) is 0 Å². The summed E-state index contributed by atoms with van der Waals surface area (Å²) in [6, 6.07) is 4.63. The highest BCUT2D eigenvalue weighted by Gasteiger charge is 2.09. The van der Waals surface area contributed by atoms with Crippen molar-refractivity contribution < 1.29 is 0 Å². The highest BCUT2D eigenvalue weighted by molar-refractivity contribution is 7.09. The number of hydrogen-bond donors (Lipinski definition) is 1. The first-order valence-corrected chi connectivity index (χ1v) is 7.00. The standard InChI is InChI=1S/C14H19N3S/c1-4-7-17-10-12(3)16-14(17)15-11(2)9-13-6-5-8-18-13/h4-6,8,10-11H,1,7,9H2,2-3H3,(H,15,16). The van der Waals surface area contributed by atoms with E-state index in [1.807, 2.05) is 19.2 Å². The molecule has 0 aliphatic rings. The molecule has 0 spiro atoms. The highest BCUT2D eigenvalue weighted by Crippen LogP contribution is 2.15. The number of imidazole rings is 1. The summed E-state index contributed by atoms with van der Waals surface area (Å²) in [4.78, 5) is 5.90. The molecule has 96 valence electrons. The van der Waals surface area contributed by atoms with Crippen LogP contribution in [0.1, 0.15) is 17.5 Å². The monoisotopic (exact) mass is 261 g/mol. The van der Waals surface area contributed by atoms with Gasteiger partial charge in [0.1, 0.15) is 0 Å². The predicted molar refractivity (Wildman–Crippen MR) is 78.3 cm³/mol. The van der Waals surface area contributed by atoms with Crippen LogP contribution in [0.4, 0.5) is 5.95 Å². The molecule has 2 heterocycles. The van der Waals surface area contributed by atoms with E-state index in [0.29, 0.717) is 6.04 Å². The number of anilines is 1. The van der Waals surface area contributed by atoms with Crippen molar-refractivity contribution in [2.24, 2.45) is 0 Å². The van der Waals surface area contributed by atoms with E-state index >= 15 is 0 Å². The van der Waals surface area contributed by atoms with Gasteiger partial charge in [0.2, 0.25) is 5.95 Å². The summed E-state index contributed by atoms with van der Waals surface area (Å²) in [5.41, 5.74) is 1.03. The van der Waals surface area contributed by atoms with Gasteiger partial charge in [0.05, 0.1) is 5.69 Å². The molecule has 0 aliphatic carbocycles. The average Bonchev–Trinajstić information content (AvgIpc) is 2.90. The van der Waals surface area contributed by atoms with Crippen LogP contribution in [0.5, 0.6) is 0 Å². The number of allylic oxidation sites excluding steroid dienone is 1. The van der Waals surface area contributed by atoms with Crippen LogP contribution in [0.2, 0.25) is 0 Å². The first-order valence-electron chi connectivity index (χ1n) is 6.12. The van der Waals surface area contributed by atoms with Crippen LogP contribution in [-0.4, -0.2) is 15.6 Å². The molecule has 0 amide bonds. The van der Waals surface area contributed by atoms with Crippen LogP contribution in [0.25, 0.3) is 0 Å². The van der Waals surface area contributed by atoms with E-state index in [4.69, 9.17) is 0 Å². The molecule has 0 radical (unpaired) electrons. The molecule has 4 heteroatoms. The van der Waals surface area contributed by atoms with Crippen molar-refractivity contribution in [2.45, 2.75) is 32.9 Å². The number of nitrogens with one attached hydrogen (secondary N) is 1. The van der Waals surface area contributed by atoms with Crippen molar-refractivity contribution >= 4 is 17.3 Å². The normalized spacial score (nSPS) is 12.3. The van der Waals surface area contributed by atoms with Gasteiger partial charge in [-0.1, -0.05) is 12.1 Å². The van der Waals surface area contributed by atoms with Crippen molar-refractivity contribution in [1.29, 1.82) is 0 Å². The maximum absolute atomic E-state index is 4.51.